The summed E-state index contributed by atoms with van der Waals surface area (Å²) >= 11 is 2.83. The number of benzene rings is 1. The van der Waals surface area contributed by atoms with E-state index in [0.717, 1.165) is 11.9 Å². The molecule has 0 aliphatic carbocycles. The molecule has 0 aliphatic heterocycles. The summed E-state index contributed by atoms with van der Waals surface area (Å²) in [5.41, 5.74) is 2.37. The number of rotatable bonds is 3. The van der Waals surface area contributed by atoms with Gasteiger partial charge in [0.15, 0.2) is 0 Å². The first kappa shape index (κ1) is 10.2. The minimum Gasteiger partial charge on any atom is -0.361 e. The van der Waals surface area contributed by atoms with Crippen molar-refractivity contribution in [2.75, 3.05) is 6.54 Å². The Morgan fingerprint density at radius 2 is 2.20 bits per heavy atom. The third-order valence-electron chi connectivity index (χ3n) is 2.33. The van der Waals surface area contributed by atoms with Crippen molar-refractivity contribution >= 4 is 31.6 Å². The van der Waals surface area contributed by atoms with Gasteiger partial charge in [-0.3, -0.25) is 4.79 Å². The van der Waals surface area contributed by atoms with Crippen LogP contribution in [0, 0.1) is 0 Å². The first-order valence-corrected chi connectivity index (χ1v) is 5.55. The van der Waals surface area contributed by atoms with Crippen molar-refractivity contribution in [1.29, 1.82) is 0 Å². The fourth-order valence-corrected chi connectivity index (χ4v) is 1.83. The Morgan fingerprint density at radius 1 is 1.40 bits per heavy atom. The first-order valence-electron chi connectivity index (χ1n) is 4.75. The molecule has 0 saturated carbocycles. The van der Waals surface area contributed by atoms with Gasteiger partial charge in [-0.1, -0.05) is 18.2 Å². The molecule has 0 unspecified atom stereocenters. The highest BCUT2D eigenvalue weighted by molar-refractivity contribution is 9.18. The van der Waals surface area contributed by atoms with E-state index in [1.165, 1.54) is 10.9 Å². The molecule has 15 heavy (non-hydrogen) atoms. The Morgan fingerprint density at radius 3 is 3.00 bits per heavy atom. The average Bonchev–Trinajstić information content (AvgIpc) is 2.62. The molecule has 1 aromatic carbocycles. The average molecular weight is 267 g/mol. The minimum absolute atomic E-state index is 0.164. The number of aromatic nitrogens is 1. The van der Waals surface area contributed by atoms with Crippen LogP contribution in [0.1, 0.15) is 5.56 Å². The van der Waals surface area contributed by atoms with Crippen molar-refractivity contribution in [3.8, 4) is 0 Å². The molecule has 0 fully saturated rings. The summed E-state index contributed by atoms with van der Waals surface area (Å²) in [6, 6.07) is 8.14. The highest BCUT2D eigenvalue weighted by atomic mass is 79.9. The van der Waals surface area contributed by atoms with Crippen LogP contribution < -0.4 is 5.32 Å². The predicted octanol–water partition coefficient (Wildman–Crippen LogP) is 2.81. The molecular weight excluding hydrogens is 256 g/mol. The molecule has 0 atom stereocenters. The van der Waals surface area contributed by atoms with E-state index >= 15 is 0 Å². The Balaban J connectivity index is 2.11. The molecule has 2 rings (SSSR count). The van der Waals surface area contributed by atoms with Crippen LogP contribution in [-0.2, 0) is 6.42 Å². The molecule has 1 amide bonds. The molecule has 0 aliphatic rings. The summed E-state index contributed by atoms with van der Waals surface area (Å²) in [5, 5.41) is 3.94. The van der Waals surface area contributed by atoms with Crippen LogP contribution in [0.5, 0.6) is 0 Å². The number of fused-ring (bicyclic) bond motifs is 1. The summed E-state index contributed by atoms with van der Waals surface area (Å²) in [7, 11) is 0. The van der Waals surface area contributed by atoms with Gasteiger partial charge in [0.05, 0.1) is 0 Å². The molecular formula is C11H11BrN2O. The summed E-state index contributed by atoms with van der Waals surface area (Å²) in [6.07, 6.45) is 2.83. The molecule has 1 heterocycles. The van der Waals surface area contributed by atoms with Crippen LogP contribution in [0.2, 0.25) is 0 Å². The summed E-state index contributed by atoms with van der Waals surface area (Å²) in [4.78, 5) is 13.7. The Kier molecular flexibility index (Phi) is 3.06. The lowest BCUT2D eigenvalue weighted by molar-refractivity contribution is 0.262. The first-order chi connectivity index (χ1) is 7.27. The van der Waals surface area contributed by atoms with Crippen LogP contribution in [0.25, 0.3) is 10.9 Å². The van der Waals surface area contributed by atoms with Crippen LogP contribution in [0.15, 0.2) is 30.5 Å². The van der Waals surface area contributed by atoms with Gasteiger partial charge in [0, 0.05) is 39.6 Å². The molecule has 0 spiro atoms. The number of carbonyl (C=O) groups is 1. The zero-order valence-corrected chi connectivity index (χ0v) is 9.67. The van der Waals surface area contributed by atoms with Crippen molar-refractivity contribution in [3.05, 3.63) is 36.0 Å². The molecule has 2 aromatic rings. The number of amides is 1. The fourth-order valence-electron chi connectivity index (χ4n) is 1.63. The Bertz CT molecular complexity index is 478. The zero-order valence-electron chi connectivity index (χ0n) is 8.09. The van der Waals surface area contributed by atoms with Crippen molar-refractivity contribution in [2.45, 2.75) is 6.42 Å². The van der Waals surface area contributed by atoms with Gasteiger partial charge in [0.25, 0.3) is 4.82 Å². The van der Waals surface area contributed by atoms with Gasteiger partial charge >= 0.3 is 0 Å². The fraction of sp³-hybridized carbons (Fsp3) is 0.182. The molecule has 0 radical (unpaired) electrons. The second kappa shape index (κ2) is 4.49. The Hall–Kier alpha value is -1.29. The highest BCUT2D eigenvalue weighted by Crippen LogP contribution is 2.17. The maximum absolute atomic E-state index is 10.6. The van der Waals surface area contributed by atoms with Crippen LogP contribution in [-0.4, -0.2) is 16.3 Å². The van der Waals surface area contributed by atoms with E-state index in [-0.39, 0.29) is 4.82 Å². The molecule has 78 valence electrons. The van der Waals surface area contributed by atoms with Gasteiger partial charge in [0.1, 0.15) is 0 Å². The third kappa shape index (κ3) is 2.39. The highest BCUT2D eigenvalue weighted by Gasteiger charge is 2.02. The van der Waals surface area contributed by atoms with Gasteiger partial charge in [-0.25, -0.2) is 0 Å². The topological polar surface area (TPSA) is 44.9 Å². The smallest absolute Gasteiger partial charge is 0.287 e. The predicted molar refractivity (Wildman–Crippen MR) is 64.3 cm³/mol. The second-order valence-electron chi connectivity index (χ2n) is 3.31. The van der Waals surface area contributed by atoms with E-state index < -0.39 is 0 Å². The molecule has 0 bridgehead atoms. The Labute approximate surface area is 96.0 Å². The number of carbonyl (C=O) groups excluding carboxylic acids is 1. The molecule has 2 N–H and O–H groups in total. The quantitative estimate of drug-likeness (QED) is 0.651. The maximum atomic E-state index is 10.6. The van der Waals surface area contributed by atoms with Crippen molar-refractivity contribution in [3.63, 3.8) is 0 Å². The number of aromatic amines is 1. The third-order valence-corrected chi connectivity index (χ3v) is 2.61. The second-order valence-corrected chi connectivity index (χ2v) is 4.03. The molecule has 0 saturated heterocycles. The van der Waals surface area contributed by atoms with E-state index in [1.54, 1.807) is 0 Å². The summed E-state index contributed by atoms with van der Waals surface area (Å²) in [6.45, 7) is 0.645. The van der Waals surface area contributed by atoms with Gasteiger partial charge in [0.2, 0.25) is 0 Å². The van der Waals surface area contributed by atoms with E-state index in [2.05, 4.69) is 32.3 Å². The van der Waals surface area contributed by atoms with E-state index in [4.69, 9.17) is 0 Å². The van der Waals surface area contributed by atoms with Crippen LogP contribution >= 0.6 is 15.9 Å². The zero-order chi connectivity index (χ0) is 10.7. The van der Waals surface area contributed by atoms with Crippen molar-refractivity contribution in [1.82, 2.24) is 10.3 Å². The number of para-hydroxylation sites is 1. The van der Waals surface area contributed by atoms with E-state index in [1.807, 2.05) is 24.4 Å². The minimum atomic E-state index is -0.164. The monoisotopic (exact) mass is 266 g/mol. The standard InChI is InChI=1S/C11H11BrN2O/c12-11(15)13-6-5-8-7-14-10-4-2-1-3-9(8)10/h1-4,7,14H,5-6H2,(H,13,15). The normalized spacial score (nSPS) is 10.5. The number of H-pyrrole nitrogens is 1. The molecule has 3 nitrogen and oxygen atoms in total. The van der Waals surface area contributed by atoms with Gasteiger partial charge < -0.3 is 10.3 Å². The number of hydrogen-bond acceptors (Lipinski definition) is 1. The summed E-state index contributed by atoms with van der Waals surface area (Å²) in [5.74, 6) is 0. The van der Waals surface area contributed by atoms with Gasteiger partial charge in [-0.05, 0) is 18.1 Å². The van der Waals surface area contributed by atoms with E-state index in [0.29, 0.717) is 6.54 Å². The lowest BCUT2D eigenvalue weighted by Crippen LogP contribution is -2.18. The number of halogens is 1. The van der Waals surface area contributed by atoms with Gasteiger partial charge in [-0.2, -0.15) is 0 Å². The molecule has 1 aromatic heterocycles. The summed E-state index contributed by atoms with van der Waals surface area (Å²) < 4.78 is 0. The van der Waals surface area contributed by atoms with E-state index in [9.17, 15) is 4.79 Å². The maximum Gasteiger partial charge on any atom is 0.287 e. The lowest BCUT2D eigenvalue weighted by Gasteiger charge is -1.99. The van der Waals surface area contributed by atoms with Crippen molar-refractivity contribution in [2.24, 2.45) is 0 Å². The number of hydrogen-bond donors (Lipinski definition) is 2. The number of nitrogens with one attached hydrogen (secondary N) is 2. The largest absolute Gasteiger partial charge is 0.361 e. The van der Waals surface area contributed by atoms with Crippen molar-refractivity contribution < 1.29 is 4.79 Å². The van der Waals surface area contributed by atoms with Gasteiger partial charge in [-0.15, -0.1) is 0 Å². The SMILES string of the molecule is O=C(Br)NCCc1c[nH]c2ccccc12. The molecule has 4 heteroatoms. The van der Waals surface area contributed by atoms with Crippen LogP contribution in [0.3, 0.4) is 0 Å². The lowest BCUT2D eigenvalue weighted by atomic mass is 10.1. The van der Waals surface area contributed by atoms with Crippen LogP contribution in [0.4, 0.5) is 4.79 Å².